The van der Waals surface area contributed by atoms with Gasteiger partial charge in [0.2, 0.25) is 11.5 Å². The van der Waals surface area contributed by atoms with Crippen LogP contribution in [-0.4, -0.2) is 24.6 Å². The Morgan fingerprint density at radius 2 is 1.87 bits per heavy atom. The van der Waals surface area contributed by atoms with Crippen LogP contribution in [0.2, 0.25) is 0 Å². The number of hydrogen-bond acceptors (Lipinski definition) is 5. The second-order valence-electron chi connectivity index (χ2n) is 6.68. The largest absolute Gasteiger partial charge is 0.435 e. The maximum Gasteiger partial charge on any atom is 0.435 e. The predicted octanol–water partition coefficient (Wildman–Crippen LogP) is 3.11. The van der Waals surface area contributed by atoms with Gasteiger partial charge in [0, 0.05) is 11.9 Å². The minimum Gasteiger partial charge on any atom is -0.426 e. The van der Waals surface area contributed by atoms with E-state index in [1.165, 1.54) is 19.1 Å². The number of oxazole rings is 1. The quantitative estimate of drug-likeness (QED) is 0.452. The third-order valence-electron chi connectivity index (χ3n) is 4.71. The number of alkyl halides is 3. The molecule has 8 nitrogen and oxygen atoms in total. The first-order chi connectivity index (χ1) is 14.8. The molecule has 2 N–H and O–H groups in total. The Morgan fingerprint density at radius 1 is 1.13 bits per heavy atom. The van der Waals surface area contributed by atoms with Gasteiger partial charge in [-0.15, -0.1) is 0 Å². The zero-order chi connectivity index (χ0) is 21.9. The summed E-state index contributed by atoms with van der Waals surface area (Å²) in [7, 11) is 0. The van der Waals surface area contributed by atoms with Gasteiger partial charge in [0.1, 0.15) is 11.2 Å². The number of nitrogens with zero attached hydrogens (tertiary/aromatic N) is 3. The molecule has 0 fully saturated rings. The summed E-state index contributed by atoms with van der Waals surface area (Å²) in [4.78, 5) is 34.1. The Morgan fingerprint density at radius 3 is 2.55 bits per heavy atom. The minimum absolute atomic E-state index is 0.0425. The summed E-state index contributed by atoms with van der Waals surface area (Å²) in [5.41, 5.74) is -2.97. The van der Waals surface area contributed by atoms with Crippen molar-refractivity contribution in [1.82, 2.24) is 24.6 Å². The van der Waals surface area contributed by atoms with E-state index in [2.05, 4.69) is 32.3 Å². The van der Waals surface area contributed by atoms with Gasteiger partial charge >= 0.3 is 6.18 Å². The number of aromatic nitrogens is 5. The van der Waals surface area contributed by atoms with E-state index in [4.69, 9.17) is 4.42 Å². The average molecular weight is 425 g/mol. The molecule has 5 rings (SSSR count). The summed E-state index contributed by atoms with van der Waals surface area (Å²) in [5, 5.41) is 3.56. The molecule has 0 aliphatic carbocycles. The molecule has 0 saturated carbocycles. The molecule has 0 aliphatic heterocycles. The number of H-pyrrole nitrogens is 2. The third-order valence-corrected chi connectivity index (χ3v) is 4.71. The lowest BCUT2D eigenvalue weighted by atomic mass is 10.1. The topological polar surface area (TPSA) is 109 Å². The number of hydrogen-bond donors (Lipinski definition) is 2. The number of aromatic amines is 2. The van der Waals surface area contributed by atoms with E-state index in [1.807, 2.05) is 0 Å². The van der Waals surface area contributed by atoms with Gasteiger partial charge in [-0.2, -0.15) is 22.8 Å². The Kier molecular flexibility index (Phi) is 3.82. The van der Waals surface area contributed by atoms with Gasteiger partial charge in [0.15, 0.2) is 11.2 Å². The first-order valence-electron chi connectivity index (χ1n) is 8.86. The molecule has 31 heavy (non-hydrogen) atoms. The molecule has 0 spiro atoms. The molecule has 0 bridgehead atoms. The highest BCUT2D eigenvalue weighted by Gasteiger charge is 2.39. The van der Waals surface area contributed by atoms with E-state index < -0.39 is 23.0 Å². The highest BCUT2D eigenvalue weighted by Crippen LogP contribution is 2.38. The van der Waals surface area contributed by atoms with Crippen LogP contribution in [0, 0.1) is 19.2 Å². The fourth-order valence-electron chi connectivity index (χ4n) is 3.39. The van der Waals surface area contributed by atoms with Gasteiger partial charge in [-0.3, -0.25) is 14.6 Å². The van der Waals surface area contributed by atoms with Crippen molar-refractivity contribution < 1.29 is 17.6 Å². The van der Waals surface area contributed by atoms with Gasteiger partial charge in [0.25, 0.3) is 11.1 Å². The molecule has 0 atom stereocenters. The standard InChI is InChI=1S/C20H10F3N5O3/c1-9-12(18-26-14-11(31-18)7-8-24-17(14)29)19(30)28-16(25-9)13(10-5-3-2-4-6-10)15(27-28)20(21,22)23/h2-6,25H,1H3,(H,24,29). The minimum atomic E-state index is -4.80. The normalized spacial score (nSPS) is 11.9. The van der Waals surface area contributed by atoms with Gasteiger partial charge in [-0.25, -0.2) is 4.98 Å². The Labute approximate surface area is 170 Å². The van der Waals surface area contributed by atoms with Crippen LogP contribution < -0.4 is 11.1 Å². The number of nitrogens with one attached hydrogen (secondary N) is 2. The second kappa shape index (κ2) is 6.33. The van der Waals surface area contributed by atoms with Crippen molar-refractivity contribution in [3.63, 3.8) is 0 Å². The van der Waals surface area contributed by atoms with Gasteiger partial charge < -0.3 is 9.40 Å². The molecule has 0 radical (unpaired) electrons. The summed E-state index contributed by atoms with van der Waals surface area (Å²) in [6.07, 6.45) is -2.46. The van der Waals surface area contributed by atoms with Crippen LogP contribution in [0.15, 0.2) is 44.3 Å². The van der Waals surface area contributed by atoms with Crippen LogP contribution >= 0.6 is 0 Å². The molecule has 0 aliphatic rings. The van der Waals surface area contributed by atoms with E-state index in [0.717, 1.165) is 0 Å². The average Bonchev–Trinajstić information content (AvgIpc) is 3.31. The number of aryl methyl sites for hydroxylation is 1. The summed E-state index contributed by atoms with van der Waals surface area (Å²) in [5.74, 6) is -0.248. The fourth-order valence-corrected chi connectivity index (χ4v) is 3.39. The van der Waals surface area contributed by atoms with Crippen LogP contribution in [0.25, 0.3) is 39.3 Å². The van der Waals surface area contributed by atoms with Crippen LogP contribution in [-0.2, 0) is 6.18 Å². The fraction of sp³-hybridized carbons (Fsp3) is 0.100. The van der Waals surface area contributed by atoms with Crippen molar-refractivity contribution in [1.29, 1.82) is 0 Å². The number of halogens is 3. The molecule has 11 heteroatoms. The summed E-state index contributed by atoms with van der Waals surface area (Å²) in [6, 6.07) is 10.3. The van der Waals surface area contributed by atoms with Gasteiger partial charge in [-0.1, -0.05) is 30.3 Å². The highest BCUT2D eigenvalue weighted by atomic mass is 19.4. The lowest BCUT2D eigenvalue weighted by Gasteiger charge is -2.07. The highest BCUT2D eigenvalue weighted by molar-refractivity contribution is 5.81. The molecule has 5 aromatic rings. The Bertz CT molecular complexity index is 1580. The van der Waals surface area contributed by atoms with Crippen LogP contribution in [0.3, 0.4) is 0 Å². The predicted molar refractivity (Wildman–Crippen MR) is 102 cm³/mol. The van der Waals surface area contributed by atoms with Crippen molar-refractivity contribution in [3.05, 3.63) is 74.7 Å². The molecule has 0 unspecified atom stereocenters. The van der Waals surface area contributed by atoms with E-state index in [-0.39, 0.29) is 45.0 Å². The van der Waals surface area contributed by atoms with Gasteiger partial charge in [0.05, 0.1) is 5.56 Å². The zero-order valence-corrected chi connectivity index (χ0v) is 15.6. The van der Waals surface area contributed by atoms with E-state index >= 15 is 0 Å². The van der Waals surface area contributed by atoms with Crippen LogP contribution in [0.5, 0.6) is 0 Å². The Hall–Kier alpha value is -4.33. The lowest BCUT2D eigenvalue weighted by molar-refractivity contribution is -0.140. The molecule has 154 valence electrons. The summed E-state index contributed by atoms with van der Waals surface area (Å²) in [6.45, 7) is 1.49. The smallest absolute Gasteiger partial charge is 0.426 e. The first kappa shape index (κ1) is 18.7. The summed E-state index contributed by atoms with van der Waals surface area (Å²) >= 11 is 0. The monoisotopic (exact) mass is 425 g/mol. The molecule has 4 aromatic heterocycles. The first-order valence-corrected chi connectivity index (χ1v) is 8.86. The molecule has 4 heterocycles. The molecular weight excluding hydrogens is 415 g/mol. The van der Waals surface area contributed by atoms with Crippen molar-refractivity contribution in [3.8, 4) is 22.6 Å². The molecule has 1 aromatic carbocycles. The summed E-state index contributed by atoms with van der Waals surface area (Å²) < 4.78 is 47.3. The number of benzene rings is 1. The van der Waals surface area contributed by atoms with Crippen LogP contribution in [0.4, 0.5) is 13.2 Å². The molecular formula is C20H10F3N5O3. The maximum absolute atomic E-state index is 13.7. The van der Waals surface area contributed by atoms with E-state index in [1.54, 1.807) is 18.2 Å². The maximum atomic E-state index is 13.7. The second-order valence-corrected chi connectivity index (χ2v) is 6.68. The Balaban J connectivity index is 1.85. The SMILES string of the molecule is Cc1[nH]c2c(-c3ccccc3)c(C(F)(F)F)nn2c(=O)c1-c1nc2c(=O)[nH]c#cc2o1. The van der Waals surface area contributed by atoms with Crippen molar-refractivity contribution in [2.45, 2.75) is 13.1 Å². The third kappa shape index (κ3) is 2.80. The van der Waals surface area contributed by atoms with Crippen molar-refractivity contribution >= 4 is 16.7 Å². The lowest BCUT2D eigenvalue weighted by Crippen LogP contribution is -2.20. The number of fused-ring (bicyclic) bond motifs is 2. The zero-order valence-electron chi connectivity index (χ0n) is 15.6. The molecule has 0 saturated heterocycles. The number of rotatable bonds is 2. The molecule has 0 amide bonds. The van der Waals surface area contributed by atoms with Gasteiger partial charge in [-0.05, 0) is 18.6 Å². The van der Waals surface area contributed by atoms with Crippen LogP contribution in [0.1, 0.15) is 11.4 Å². The van der Waals surface area contributed by atoms with Crippen molar-refractivity contribution in [2.75, 3.05) is 0 Å². The van der Waals surface area contributed by atoms with E-state index in [0.29, 0.717) is 4.52 Å². The van der Waals surface area contributed by atoms with E-state index in [9.17, 15) is 22.8 Å². The van der Waals surface area contributed by atoms with Crippen molar-refractivity contribution in [2.24, 2.45) is 0 Å².